The predicted molar refractivity (Wildman–Crippen MR) is 68.4 cm³/mol. The van der Waals surface area contributed by atoms with Gasteiger partial charge in [-0.25, -0.2) is 0 Å². The number of carbonyl (C=O) groups excluding carboxylic acids is 1. The van der Waals surface area contributed by atoms with E-state index in [-0.39, 0.29) is 0 Å². The van der Waals surface area contributed by atoms with Crippen LogP contribution in [0.5, 0.6) is 17.2 Å². The molecular formula is C13H17NO4. The summed E-state index contributed by atoms with van der Waals surface area (Å²) in [6.07, 6.45) is 3.72. The van der Waals surface area contributed by atoms with Crippen molar-refractivity contribution in [2.45, 2.75) is 6.92 Å². The van der Waals surface area contributed by atoms with Crippen molar-refractivity contribution < 1.29 is 19.0 Å². The van der Waals surface area contributed by atoms with Gasteiger partial charge in [-0.05, 0) is 19.1 Å². The maximum atomic E-state index is 11.2. The first-order chi connectivity index (χ1) is 8.63. The molecule has 0 aromatic heterocycles. The highest BCUT2D eigenvalue weighted by Crippen LogP contribution is 2.38. The summed E-state index contributed by atoms with van der Waals surface area (Å²) in [5.41, 5.74) is 5.54. The molecule has 0 bridgehead atoms. The fraction of sp³-hybridized carbons (Fsp3) is 0.308. The number of methoxy groups -OCH3 is 2. The summed E-state index contributed by atoms with van der Waals surface area (Å²) in [6, 6.07) is 3.05. The summed E-state index contributed by atoms with van der Waals surface area (Å²) in [4.78, 5) is 11.2. The van der Waals surface area contributed by atoms with Gasteiger partial charge in [0.25, 0.3) is 0 Å². The molecule has 0 aliphatic carbocycles. The summed E-state index contributed by atoms with van der Waals surface area (Å²) in [7, 11) is 2.98. The molecule has 5 heteroatoms. The molecule has 18 heavy (non-hydrogen) atoms. The molecule has 1 aromatic carbocycles. The van der Waals surface area contributed by atoms with Crippen LogP contribution < -0.4 is 19.9 Å². The SMILES string of the molecule is C/C=C/COc1c(OC)cc(C(N)=O)cc1OC. The second-order valence-electron chi connectivity index (χ2n) is 3.45. The first kappa shape index (κ1) is 13.9. The highest BCUT2D eigenvalue weighted by Gasteiger charge is 2.15. The Balaban J connectivity index is 3.16. The van der Waals surface area contributed by atoms with Gasteiger partial charge in [-0.3, -0.25) is 4.79 Å². The number of hydrogen-bond donors (Lipinski definition) is 1. The summed E-state index contributed by atoms with van der Waals surface area (Å²) in [6.45, 7) is 2.28. The molecule has 0 radical (unpaired) electrons. The minimum Gasteiger partial charge on any atom is -0.493 e. The van der Waals surface area contributed by atoms with Crippen molar-refractivity contribution in [3.05, 3.63) is 29.8 Å². The van der Waals surface area contributed by atoms with Crippen LogP contribution in [-0.2, 0) is 0 Å². The molecule has 0 unspecified atom stereocenters. The van der Waals surface area contributed by atoms with Crippen molar-refractivity contribution in [3.63, 3.8) is 0 Å². The molecular weight excluding hydrogens is 234 g/mol. The lowest BCUT2D eigenvalue weighted by Crippen LogP contribution is -2.12. The molecule has 98 valence electrons. The number of benzene rings is 1. The normalized spacial score (nSPS) is 10.4. The molecule has 0 saturated carbocycles. The summed E-state index contributed by atoms with van der Waals surface area (Å²) >= 11 is 0. The van der Waals surface area contributed by atoms with Crippen molar-refractivity contribution in [1.29, 1.82) is 0 Å². The predicted octanol–water partition coefficient (Wildman–Crippen LogP) is 1.76. The lowest BCUT2D eigenvalue weighted by molar-refractivity contribution is 0.0999. The van der Waals surface area contributed by atoms with Gasteiger partial charge in [0.05, 0.1) is 14.2 Å². The van der Waals surface area contributed by atoms with E-state index in [1.165, 1.54) is 26.4 Å². The second-order valence-corrected chi connectivity index (χ2v) is 3.45. The van der Waals surface area contributed by atoms with Crippen LogP contribution in [0.1, 0.15) is 17.3 Å². The molecule has 0 aliphatic rings. The largest absolute Gasteiger partial charge is 0.493 e. The maximum absolute atomic E-state index is 11.2. The van der Waals surface area contributed by atoms with Crippen molar-refractivity contribution >= 4 is 5.91 Å². The molecule has 0 atom stereocenters. The first-order valence-electron chi connectivity index (χ1n) is 5.43. The quantitative estimate of drug-likeness (QED) is 0.782. The van der Waals surface area contributed by atoms with E-state index in [2.05, 4.69) is 0 Å². The lowest BCUT2D eigenvalue weighted by atomic mass is 10.1. The van der Waals surface area contributed by atoms with Crippen LogP contribution in [0.4, 0.5) is 0 Å². The average Bonchev–Trinajstić information content (AvgIpc) is 2.38. The Labute approximate surface area is 106 Å². The van der Waals surface area contributed by atoms with Gasteiger partial charge in [0.1, 0.15) is 6.61 Å². The minimum absolute atomic E-state index is 0.307. The zero-order valence-corrected chi connectivity index (χ0v) is 10.7. The van der Waals surface area contributed by atoms with E-state index in [4.69, 9.17) is 19.9 Å². The molecule has 0 aliphatic heterocycles. The Kier molecular flexibility index (Phi) is 5.05. The van der Waals surface area contributed by atoms with Crippen molar-refractivity contribution in [1.82, 2.24) is 0 Å². The third kappa shape index (κ3) is 3.16. The molecule has 0 saturated heterocycles. The highest BCUT2D eigenvalue weighted by molar-refractivity contribution is 5.94. The van der Waals surface area contributed by atoms with Crippen LogP contribution in [0, 0.1) is 0 Å². The number of amides is 1. The smallest absolute Gasteiger partial charge is 0.248 e. The van der Waals surface area contributed by atoms with Gasteiger partial charge < -0.3 is 19.9 Å². The van der Waals surface area contributed by atoms with Crippen molar-refractivity contribution in [2.75, 3.05) is 20.8 Å². The minimum atomic E-state index is -0.549. The van der Waals surface area contributed by atoms with Gasteiger partial charge in [0, 0.05) is 5.56 Å². The third-order valence-electron chi connectivity index (χ3n) is 2.30. The van der Waals surface area contributed by atoms with Crippen molar-refractivity contribution in [2.24, 2.45) is 5.73 Å². The number of allylic oxidation sites excluding steroid dienone is 1. The Morgan fingerprint density at radius 3 is 2.22 bits per heavy atom. The lowest BCUT2D eigenvalue weighted by Gasteiger charge is -2.14. The zero-order valence-electron chi connectivity index (χ0n) is 10.7. The molecule has 0 heterocycles. The summed E-state index contributed by atoms with van der Waals surface area (Å²) in [5.74, 6) is 0.718. The third-order valence-corrected chi connectivity index (χ3v) is 2.30. The zero-order chi connectivity index (χ0) is 13.5. The number of nitrogens with two attached hydrogens (primary N) is 1. The van der Waals surface area contributed by atoms with Gasteiger partial charge in [0.2, 0.25) is 11.7 Å². The van der Waals surface area contributed by atoms with Crippen LogP contribution in [0.15, 0.2) is 24.3 Å². The van der Waals surface area contributed by atoms with Gasteiger partial charge in [-0.2, -0.15) is 0 Å². The van der Waals surface area contributed by atoms with E-state index >= 15 is 0 Å². The second kappa shape index (κ2) is 6.54. The van der Waals surface area contributed by atoms with Crippen LogP contribution in [0.2, 0.25) is 0 Å². The van der Waals surface area contributed by atoms with Crippen LogP contribution in [0.3, 0.4) is 0 Å². The van der Waals surface area contributed by atoms with Gasteiger partial charge in [0.15, 0.2) is 11.5 Å². The molecule has 1 amide bonds. The molecule has 2 N–H and O–H groups in total. The number of hydrogen-bond acceptors (Lipinski definition) is 4. The van der Waals surface area contributed by atoms with E-state index in [1.807, 2.05) is 19.1 Å². The van der Waals surface area contributed by atoms with Gasteiger partial charge in [-0.15, -0.1) is 0 Å². The number of ether oxygens (including phenoxy) is 3. The number of primary amides is 1. The molecule has 1 rings (SSSR count). The monoisotopic (exact) mass is 251 g/mol. The number of rotatable bonds is 6. The Morgan fingerprint density at radius 2 is 1.83 bits per heavy atom. The van der Waals surface area contributed by atoms with E-state index in [0.717, 1.165) is 0 Å². The van der Waals surface area contributed by atoms with E-state index < -0.39 is 5.91 Å². The first-order valence-corrected chi connectivity index (χ1v) is 5.43. The number of carbonyl (C=O) groups is 1. The van der Waals surface area contributed by atoms with Gasteiger partial charge in [-0.1, -0.05) is 12.2 Å². The summed E-state index contributed by atoms with van der Waals surface area (Å²) in [5, 5.41) is 0. The van der Waals surface area contributed by atoms with Crippen molar-refractivity contribution in [3.8, 4) is 17.2 Å². The Bertz CT molecular complexity index is 429. The summed E-state index contributed by atoms with van der Waals surface area (Å²) < 4.78 is 15.9. The Morgan fingerprint density at radius 1 is 1.28 bits per heavy atom. The standard InChI is InChI=1S/C13H17NO4/c1-4-5-6-18-12-10(16-2)7-9(13(14)15)8-11(12)17-3/h4-5,7-8H,6H2,1-3H3,(H2,14,15)/b5-4+. The highest BCUT2D eigenvalue weighted by atomic mass is 16.5. The Hall–Kier alpha value is -2.17. The van der Waals surface area contributed by atoms with Crippen LogP contribution in [0.25, 0.3) is 0 Å². The fourth-order valence-electron chi connectivity index (χ4n) is 1.39. The van der Waals surface area contributed by atoms with Crippen LogP contribution in [-0.4, -0.2) is 26.7 Å². The van der Waals surface area contributed by atoms with Crippen LogP contribution >= 0.6 is 0 Å². The fourth-order valence-corrected chi connectivity index (χ4v) is 1.39. The van der Waals surface area contributed by atoms with E-state index in [9.17, 15) is 4.79 Å². The molecule has 0 fully saturated rings. The van der Waals surface area contributed by atoms with Gasteiger partial charge >= 0.3 is 0 Å². The van der Waals surface area contributed by atoms with E-state index in [1.54, 1.807) is 0 Å². The molecule has 1 aromatic rings. The molecule has 0 spiro atoms. The average molecular weight is 251 g/mol. The van der Waals surface area contributed by atoms with E-state index in [0.29, 0.717) is 29.4 Å². The topological polar surface area (TPSA) is 70.8 Å². The maximum Gasteiger partial charge on any atom is 0.248 e. The molecule has 5 nitrogen and oxygen atoms in total.